The Labute approximate surface area is 121 Å². The van der Waals surface area contributed by atoms with Crippen LogP contribution >= 0.6 is 0 Å². The molecule has 1 N–H and O–H groups in total. The van der Waals surface area contributed by atoms with Gasteiger partial charge in [-0.1, -0.05) is 19.4 Å². The smallest absolute Gasteiger partial charge is 0.145 e. The summed E-state index contributed by atoms with van der Waals surface area (Å²) < 4.78 is 0. The van der Waals surface area contributed by atoms with Gasteiger partial charge in [-0.05, 0) is 44.4 Å². The van der Waals surface area contributed by atoms with Crippen molar-refractivity contribution < 1.29 is 0 Å². The van der Waals surface area contributed by atoms with Gasteiger partial charge in [0.25, 0.3) is 0 Å². The third-order valence-electron chi connectivity index (χ3n) is 4.13. The minimum absolute atomic E-state index is 0.513. The number of anilines is 1. The van der Waals surface area contributed by atoms with Gasteiger partial charge in [-0.2, -0.15) is 5.26 Å². The Morgan fingerprint density at radius 3 is 3.05 bits per heavy atom. The molecule has 0 radical (unpaired) electrons. The number of piperidine rings is 1. The highest BCUT2D eigenvalue weighted by molar-refractivity contribution is 5.42. The molecule has 1 fully saturated rings. The van der Waals surface area contributed by atoms with E-state index in [0.29, 0.717) is 5.69 Å². The first-order chi connectivity index (χ1) is 9.74. The standard InChI is InChI=1S/C16H24N4/c1-3-14-6-4-5-10-20(14)11-9-18-16-8-7-13(2)15(12-17)19-16/h7-8,14H,3-6,9-11H2,1-2H3,(H,18,19). The number of nitrogens with zero attached hydrogens (tertiary/aromatic N) is 3. The number of pyridine rings is 1. The molecule has 4 heteroatoms. The van der Waals surface area contributed by atoms with E-state index in [4.69, 9.17) is 5.26 Å². The van der Waals surface area contributed by atoms with Crippen molar-refractivity contribution in [3.05, 3.63) is 23.4 Å². The predicted octanol–water partition coefficient (Wildman–Crippen LogP) is 2.94. The van der Waals surface area contributed by atoms with E-state index in [9.17, 15) is 0 Å². The molecular weight excluding hydrogens is 248 g/mol. The molecule has 1 unspecified atom stereocenters. The molecule has 0 amide bonds. The maximum atomic E-state index is 8.99. The zero-order chi connectivity index (χ0) is 14.4. The molecule has 0 bridgehead atoms. The van der Waals surface area contributed by atoms with Gasteiger partial charge in [0.05, 0.1) is 0 Å². The number of nitrogens with one attached hydrogen (secondary N) is 1. The summed E-state index contributed by atoms with van der Waals surface area (Å²) in [5, 5.41) is 12.3. The molecule has 1 aromatic rings. The molecule has 1 aliphatic rings. The molecule has 0 saturated carbocycles. The second kappa shape index (κ2) is 7.25. The molecule has 2 rings (SSSR count). The first-order valence-electron chi connectivity index (χ1n) is 7.60. The van der Waals surface area contributed by atoms with Gasteiger partial charge in [0.2, 0.25) is 0 Å². The Morgan fingerprint density at radius 1 is 1.45 bits per heavy atom. The number of aromatic nitrogens is 1. The molecule has 1 atom stereocenters. The van der Waals surface area contributed by atoms with Crippen LogP contribution in [0.15, 0.2) is 12.1 Å². The van der Waals surface area contributed by atoms with Crippen molar-refractivity contribution in [1.82, 2.24) is 9.88 Å². The zero-order valence-electron chi connectivity index (χ0n) is 12.5. The van der Waals surface area contributed by atoms with Crippen LogP contribution in [0.3, 0.4) is 0 Å². The fourth-order valence-corrected chi connectivity index (χ4v) is 2.88. The maximum Gasteiger partial charge on any atom is 0.145 e. The predicted molar refractivity (Wildman–Crippen MR) is 81.7 cm³/mol. The van der Waals surface area contributed by atoms with Crippen LogP contribution in [-0.2, 0) is 0 Å². The second-order valence-electron chi connectivity index (χ2n) is 5.49. The lowest BCUT2D eigenvalue weighted by atomic mass is 10.0. The summed E-state index contributed by atoms with van der Waals surface area (Å²) in [6.45, 7) is 7.34. The summed E-state index contributed by atoms with van der Waals surface area (Å²) in [6.07, 6.45) is 5.25. The zero-order valence-corrected chi connectivity index (χ0v) is 12.5. The Hall–Kier alpha value is -1.60. The summed E-state index contributed by atoms with van der Waals surface area (Å²) in [5.41, 5.74) is 1.44. The fourth-order valence-electron chi connectivity index (χ4n) is 2.88. The molecule has 20 heavy (non-hydrogen) atoms. The van der Waals surface area contributed by atoms with Crippen LogP contribution in [0.4, 0.5) is 5.82 Å². The maximum absolute atomic E-state index is 8.99. The lowest BCUT2D eigenvalue weighted by Crippen LogP contribution is -2.41. The molecular formula is C16H24N4. The summed E-state index contributed by atoms with van der Waals surface area (Å²) >= 11 is 0. The molecule has 0 spiro atoms. The molecule has 2 heterocycles. The van der Waals surface area contributed by atoms with Crippen molar-refractivity contribution in [2.75, 3.05) is 25.0 Å². The molecule has 4 nitrogen and oxygen atoms in total. The molecule has 1 aliphatic heterocycles. The SMILES string of the molecule is CCC1CCCCN1CCNc1ccc(C)c(C#N)n1. The average molecular weight is 272 g/mol. The fraction of sp³-hybridized carbons (Fsp3) is 0.625. The van der Waals surface area contributed by atoms with Crippen LogP contribution in [-0.4, -0.2) is 35.6 Å². The van der Waals surface area contributed by atoms with Crippen molar-refractivity contribution in [3.8, 4) is 6.07 Å². The molecule has 0 aliphatic carbocycles. The van der Waals surface area contributed by atoms with Gasteiger partial charge < -0.3 is 5.32 Å². The quantitative estimate of drug-likeness (QED) is 0.895. The van der Waals surface area contributed by atoms with E-state index in [1.54, 1.807) is 0 Å². The van der Waals surface area contributed by atoms with Crippen molar-refractivity contribution >= 4 is 5.82 Å². The highest BCUT2D eigenvalue weighted by Gasteiger charge is 2.19. The Kier molecular flexibility index (Phi) is 5.37. The van der Waals surface area contributed by atoms with Crippen LogP contribution < -0.4 is 5.32 Å². The van der Waals surface area contributed by atoms with E-state index in [-0.39, 0.29) is 0 Å². The van der Waals surface area contributed by atoms with Crippen molar-refractivity contribution in [2.45, 2.75) is 45.6 Å². The highest BCUT2D eigenvalue weighted by Crippen LogP contribution is 2.18. The topological polar surface area (TPSA) is 52.0 Å². The van der Waals surface area contributed by atoms with Crippen molar-refractivity contribution in [1.29, 1.82) is 5.26 Å². The van der Waals surface area contributed by atoms with E-state index in [1.807, 2.05) is 19.1 Å². The van der Waals surface area contributed by atoms with Crippen LogP contribution in [0.2, 0.25) is 0 Å². The first-order valence-corrected chi connectivity index (χ1v) is 7.60. The van der Waals surface area contributed by atoms with E-state index < -0.39 is 0 Å². The highest BCUT2D eigenvalue weighted by atomic mass is 15.2. The number of hydrogen-bond donors (Lipinski definition) is 1. The molecule has 0 aromatic carbocycles. The van der Waals surface area contributed by atoms with Crippen LogP contribution in [0.1, 0.15) is 43.9 Å². The first kappa shape index (κ1) is 14.8. The van der Waals surface area contributed by atoms with Crippen molar-refractivity contribution in [2.24, 2.45) is 0 Å². The van der Waals surface area contributed by atoms with E-state index in [2.05, 4.69) is 28.2 Å². The van der Waals surface area contributed by atoms with Crippen LogP contribution in [0.25, 0.3) is 0 Å². The molecule has 108 valence electrons. The van der Waals surface area contributed by atoms with Gasteiger partial charge in [-0.25, -0.2) is 4.98 Å². The Morgan fingerprint density at radius 2 is 2.30 bits per heavy atom. The number of rotatable bonds is 5. The third kappa shape index (κ3) is 3.71. The Bertz CT molecular complexity index is 478. The normalized spacial score (nSPS) is 19.6. The monoisotopic (exact) mass is 272 g/mol. The second-order valence-corrected chi connectivity index (χ2v) is 5.49. The Balaban J connectivity index is 1.85. The number of likely N-dealkylation sites (tertiary alicyclic amines) is 1. The summed E-state index contributed by atoms with van der Waals surface area (Å²) in [5.74, 6) is 0.803. The van der Waals surface area contributed by atoms with Gasteiger partial charge in [-0.3, -0.25) is 4.90 Å². The lowest BCUT2D eigenvalue weighted by Gasteiger charge is -2.35. The number of hydrogen-bond acceptors (Lipinski definition) is 4. The van der Waals surface area contributed by atoms with Gasteiger partial charge >= 0.3 is 0 Å². The van der Waals surface area contributed by atoms with Gasteiger partial charge in [0.15, 0.2) is 0 Å². The molecule has 1 aromatic heterocycles. The van der Waals surface area contributed by atoms with Gasteiger partial charge in [-0.15, -0.1) is 0 Å². The lowest BCUT2D eigenvalue weighted by molar-refractivity contribution is 0.150. The van der Waals surface area contributed by atoms with Crippen molar-refractivity contribution in [3.63, 3.8) is 0 Å². The van der Waals surface area contributed by atoms with Crippen LogP contribution in [0, 0.1) is 18.3 Å². The van der Waals surface area contributed by atoms with Crippen LogP contribution in [0.5, 0.6) is 0 Å². The van der Waals surface area contributed by atoms with Gasteiger partial charge in [0, 0.05) is 19.1 Å². The van der Waals surface area contributed by atoms with E-state index in [0.717, 1.165) is 30.5 Å². The van der Waals surface area contributed by atoms with E-state index >= 15 is 0 Å². The summed E-state index contributed by atoms with van der Waals surface area (Å²) in [7, 11) is 0. The minimum Gasteiger partial charge on any atom is -0.369 e. The summed E-state index contributed by atoms with van der Waals surface area (Å²) in [6, 6.07) is 6.77. The third-order valence-corrected chi connectivity index (χ3v) is 4.13. The molecule has 1 saturated heterocycles. The minimum atomic E-state index is 0.513. The van der Waals surface area contributed by atoms with Gasteiger partial charge in [0.1, 0.15) is 17.6 Å². The number of aryl methyl sites for hydroxylation is 1. The number of nitriles is 1. The van der Waals surface area contributed by atoms with E-state index in [1.165, 1.54) is 32.2 Å². The largest absolute Gasteiger partial charge is 0.369 e. The summed E-state index contributed by atoms with van der Waals surface area (Å²) in [4.78, 5) is 6.90. The average Bonchev–Trinajstić information content (AvgIpc) is 2.49.